The van der Waals surface area contributed by atoms with Crippen LogP contribution in [0.2, 0.25) is 5.02 Å². The number of rotatable bonds is 7. The van der Waals surface area contributed by atoms with Crippen LogP contribution in [0.5, 0.6) is 5.75 Å². The lowest BCUT2D eigenvalue weighted by atomic mass is 10.00. The van der Waals surface area contributed by atoms with E-state index in [1.807, 2.05) is 19.1 Å². The molecule has 37 heavy (non-hydrogen) atoms. The van der Waals surface area contributed by atoms with E-state index < -0.39 is 11.6 Å². The largest absolute Gasteiger partial charge is 0.504 e. The van der Waals surface area contributed by atoms with Crippen molar-refractivity contribution in [3.05, 3.63) is 76.5 Å². The number of aromatic hydroxyl groups is 1. The van der Waals surface area contributed by atoms with Gasteiger partial charge < -0.3 is 15.3 Å². The summed E-state index contributed by atoms with van der Waals surface area (Å²) in [5.41, 5.74) is 5.84. The fourth-order valence-electron chi connectivity index (χ4n) is 4.84. The monoisotopic (exact) mass is 518 g/mol. The van der Waals surface area contributed by atoms with Gasteiger partial charge in [0, 0.05) is 23.8 Å². The molecule has 8 heteroatoms. The predicted octanol–water partition coefficient (Wildman–Crippen LogP) is 6.69. The first-order valence-electron chi connectivity index (χ1n) is 12.4. The highest BCUT2D eigenvalue weighted by Crippen LogP contribution is 2.36. The Balaban J connectivity index is 1.55. The number of nitrogens with one attached hydrogen (secondary N) is 1. The second kappa shape index (κ2) is 10.4. The number of anilines is 2. The van der Waals surface area contributed by atoms with Crippen LogP contribution in [0.1, 0.15) is 41.4 Å². The topological polar surface area (TPSA) is 78.3 Å². The van der Waals surface area contributed by atoms with Gasteiger partial charge in [-0.2, -0.15) is 0 Å². The highest BCUT2D eigenvalue weighted by molar-refractivity contribution is 6.32. The summed E-state index contributed by atoms with van der Waals surface area (Å²) < 4.78 is 14.2. The Bertz CT molecular complexity index is 1480. The number of carbonyl (C=O) groups excluding carboxylic acids is 1. The number of nitrogens with zero attached hydrogens (tertiary/aromatic N) is 3. The van der Waals surface area contributed by atoms with E-state index in [1.54, 1.807) is 18.5 Å². The molecule has 2 aromatic carbocycles. The second-order valence-electron chi connectivity index (χ2n) is 9.52. The molecule has 0 amide bonds. The van der Waals surface area contributed by atoms with Gasteiger partial charge in [-0.15, -0.1) is 0 Å². The molecule has 0 aliphatic carbocycles. The number of aryl methyl sites for hydroxylation is 1. The molecule has 0 spiro atoms. The molecule has 2 N–H and O–H groups in total. The van der Waals surface area contributed by atoms with Crippen molar-refractivity contribution in [2.45, 2.75) is 33.1 Å². The van der Waals surface area contributed by atoms with Crippen molar-refractivity contribution in [3.63, 3.8) is 0 Å². The van der Waals surface area contributed by atoms with E-state index in [1.165, 1.54) is 31.9 Å². The summed E-state index contributed by atoms with van der Waals surface area (Å²) in [6.07, 6.45) is 6.76. The molecule has 1 fully saturated rings. The molecule has 3 heterocycles. The van der Waals surface area contributed by atoms with Crippen molar-refractivity contribution in [2.75, 3.05) is 25.0 Å². The van der Waals surface area contributed by atoms with Gasteiger partial charge in [0.2, 0.25) is 0 Å². The first-order chi connectivity index (χ1) is 17.8. The van der Waals surface area contributed by atoms with Crippen LogP contribution in [0.25, 0.3) is 22.0 Å². The van der Waals surface area contributed by atoms with Gasteiger partial charge in [-0.05, 0) is 93.2 Å². The molecular formula is C29H28ClFN4O2. The van der Waals surface area contributed by atoms with Crippen LogP contribution in [0, 0.1) is 12.7 Å². The number of hydrogen-bond acceptors (Lipinski definition) is 6. The molecule has 2 aromatic heterocycles. The molecule has 5 rings (SSSR count). The fourth-order valence-corrected chi connectivity index (χ4v) is 5.04. The summed E-state index contributed by atoms with van der Waals surface area (Å²) in [5.74, 6) is -1.51. The van der Waals surface area contributed by atoms with Crippen LogP contribution < -0.4 is 5.32 Å². The number of ketones is 1. The minimum Gasteiger partial charge on any atom is -0.504 e. The Morgan fingerprint density at radius 1 is 1.11 bits per heavy atom. The molecule has 1 aliphatic rings. The van der Waals surface area contributed by atoms with Crippen molar-refractivity contribution >= 4 is 39.7 Å². The van der Waals surface area contributed by atoms with E-state index in [-0.39, 0.29) is 10.8 Å². The van der Waals surface area contributed by atoms with Gasteiger partial charge in [0.25, 0.3) is 0 Å². The smallest absolute Gasteiger partial charge is 0.170 e. The van der Waals surface area contributed by atoms with Crippen LogP contribution in [0.15, 0.2) is 48.8 Å². The molecule has 1 aliphatic heterocycles. The maximum Gasteiger partial charge on any atom is 0.170 e. The molecule has 190 valence electrons. The minimum absolute atomic E-state index is 0.0729. The van der Waals surface area contributed by atoms with E-state index in [0.717, 1.165) is 43.0 Å². The van der Waals surface area contributed by atoms with Gasteiger partial charge in [-0.1, -0.05) is 17.7 Å². The highest BCUT2D eigenvalue weighted by atomic mass is 35.5. The average molecular weight is 519 g/mol. The first-order valence-corrected chi connectivity index (χ1v) is 12.7. The van der Waals surface area contributed by atoms with Gasteiger partial charge >= 0.3 is 0 Å². The number of carbonyl (C=O) groups is 1. The summed E-state index contributed by atoms with van der Waals surface area (Å²) >= 11 is 6.02. The zero-order valence-electron chi connectivity index (χ0n) is 20.8. The second-order valence-corrected chi connectivity index (χ2v) is 9.92. The Labute approximate surface area is 220 Å². The summed E-state index contributed by atoms with van der Waals surface area (Å²) in [6.45, 7) is 6.81. The Kier molecular flexibility index (Phi) is 7.09. The lowest BCUT2D eigenvalue weighted by molar-refractivity contribution is 0.101. The van der Waals surface area contributed by atoms with Crippen molar-refractivity contribution in [3.8, 4) is 16.9 Å². The maximum atomic E-state index is 14.2. The number of fused-ring (bicyclic) bond motifs is 1. The van der Waals surface area contributed by atoms with Crippen LogP contribution >= 0.6 is 11.6 Å². The first kappa shape index (κ1) is 25.1. The Morgan fingerprint density at radius 3 is 2.62 bits per heavy atom. The Morgan fingerprint density at radius 2 is 1.89 bits per heavy atom. The van der Waals surface area contributed by atoms with Gasteiger partial charge in [-0.3, -0.25) is 14.8 Å². The van der Waals surface area contributed by atoms with Crippen LogP contribution in [0.3, 0.4) is 0 Å². The molecule has 6 nitrogen and oxygen atoms in total. The molecule has 4 aromatic rings. The Hall–Kier alpha value is -3.55. The van der Waals surface area contributed by atoms with Crippen LogP contribution in [0.4, 0.5) is 15.8 Å². The lowest BCUT2D eigenvalue weighted by Crippen LogP contribution is -2.22. The third-order valence-electron chi connectivity index (χ3n) is 6.95. The van der Waals surface area contributed by atoms with Crippen molar-refractivity contribution < 1.29 is 14.3 Å². The van der Waals surface area contributed by atoms with Crippen molar-refractivity contribution in [1.29, 1.82) is 0 Å². The minimum atomic E-state index is -0.802. The number of halogens is 2. The van der Waals surface area contributed by atoms with E-state index >= 15 is 0 Å². The summed E-state index contributed by atoms with van der Waals surface area (Å²) in [5, 5.41) is 13.8. The summed E-state index contributed by atoms with van der Waals surface area (Å²) in [7, 11) is 0. The zero-order chi connectivity index (χ0) is 26.1. The number of Topliss-reactive ketones (excluding diaryl/α,β-unsaturated/α-hetero) is 1. The molecular weight excluding hydrogens is 491 g/mol. The number of likely N-dealkylation sites (tertiary alicyclic amines) is 1. The number of benzene rings is 2. The van der Waals surface area contributed by atoms with Crippen molar-refractivity contribution in [2.24, 2.45) is 0 Å². The molecule has 0 saturated carbocycles. The highest BCUT2D eigenvalue weighted by Gasteiger charge is 2.17. The maximum absolute atomic E-state index is 14.2. The number of phenolic OH excluding ortho intramolecular Hbond substituents is 1. The van der Waals surface area contributed by atoms with E-state index in [2.05, 4.69) is 26.3 Å². The summed E-state index contributed by atoms with van der Waals surface area (Å²) in [4.78, 5) is 24.1. The number of hydrogen-bond donors (Lipinski definition) is 2. The van der Waals surface area contributed by atoms with Crippen molar-refractivity contribution in [1.82, 2.24) is 14.9 Å². The predicted molar refractivity (Wildman–Crippen MR) is 145 cm³/mol. The average Bonchev–Trinajstić information content (AvgIpc) is 3.40. The molecule has 1 saturated heterocycles. The SMILES string of the molecule is CC(=O)c1cnc2ccc(-c3cc(F)c(O)c(Cl)c3)cc2c1Nc1cnc(C)c(CCN2CCCC2)c1. The molecule has 0 unspecified atom stereocenters. The molecule has 0 atom stereocenters. The molecule has 0 bridgehead atoms. The third kappa shape index (κ3) is 5.29. The third-order valence-corrected chi connectivity index (χ3v) is 7.24. The fraction of sp³-hybridized carbons (Fsp3) is 0.276. The van der Waals surface area contributed by atoms with Gasteiger partial charge in [0.15, 0.2) is 17.3 Å². The van der Waals surface area contributed by atoms with Gasteiger partial charge in [0.1, 0.15) is 0 Å². The van der Waals surface area contributed by atoms with E-state index in [0.29, 0.717) is 33.3 Å². The zero-order valence-corrected chi connectivity index (χ0v) is 21.6. The number of aromatic nitrogens is 2. The normalized spacial score (nSPS) is 13.8. The lowest BCUT2D eigenvalue weighted by Gasteiger charge is -2.17. The van der Waals surface area contributed by atoms with Gasteiger partial charge in [-0.25, -0.2) is 4.39 Å². The number of phenols is 1. The van der Waals surface area contributed by atoms with Crippen LogP contribution in [-0.4, -0.2) is 45.4 Å². The molecule has 0 radical (unpaired) electrons. The van der Waals surface area contributed by atoms with Crippen LogP contribution in [-0.2, 0) is 6.42 Å². The van der Waals surface area contributed by atoms with Gasteiger partial charge in [0.05, 0.1) is 33.7 Å². The van der Waals surface area contributed by atoms with E-state index in [9.17, 15) is 14.3 Å². The quantitative estimate of drug-likeness (QED) is 0.265. The number of pyridine rings is 2. The summed E-state index contributed by atoms with van der Waals surface area (Å²) in [6, 6.07) is 10.3. The van der Waals surface area contributed by atoms with E-state index in [4.69, 9.17) is 11.6 Å². The standard InChI is InChI=1S/C29H28ClFN4O2/c1-17-19(7-10-35-8-3-4-9-35)11-22(15-32-17)34-28-23-12-20(21-13-25(30)29(37)26(31)14-21)5-6-27(23)33-16-24(28)18(2)36/h5-6,11-16,37H,3-4,7-10H2,1-2H3,(H,33,34).